The van der Waals surface area contributed by atoms with Crippen molar-refractivity contribution < 1.29 is 14.3 Å². The molecule has 6 heteroatoms. The summed E-state index contributed by atoms with van der Waals surface area (Å²) in [5, 5.41) is 5.01. The van der Waals surface area contributed by atoms with Gasteiger partial charge in [0.2, 0.25) is 0 Å². The number of likely N-dealkylation sites (tertiary alicyclic amines) is 1. The van der Waals surface area contributed by atoms with Crippen molar-refractivity contribution in [2.24, 2.45) is 5.92 Å². The van der Waals surface area contributed by atoms with E-state index in [1.54, 1.807) is 0 Å². The monoisotopic (exact) mass is 370 g/mol. The lowest BCUT2D eigenvalue weighted by molar-refractivity contribution is -0.135. The molecule has 1 aromatic heterocycles. The Morgan fingerprint density at radius 1 is 1.23 bits per heavy atom. The van der Waals surface area contributed by atoms with Crippen molar-refractivity contribution in [1.29, 1.82) is 0 Å². The van der Waals surface area contributed by atoms with E-state index in [1.807, 2.05) is 53.6 Å². The van der Waals surface area contributed by atoms with E-state index in [0.717, 1.165) is 30.7 Å². The smallest absolute Gasteiger partial charge is 0.261 e. The predicted molar refractivity (Wildman–Crippen MR) is 100 cm³/mol. The van der Waals surface area contributed by atoms with Gasteiger partial charge >= 0.3 is 0 Å². The molecule has 5 nitrogen and oxygen atoms in total. The Bertz CT molecular complexity index is 805. The third kappa shape index (κ3) is 3.33. The fraction of sp³-hybridized carbons (Fsp3) is 0.400. The van der Waals surface area contributed by atoms with Crippen LogP contribution in [0.5, 0.6) is 5.75 Å². The van der Waals surface area contributed by atoms with Gasteiger partial charge in [-0.05, 0) is 48.8 Å². The van der Waals surface area contributed by atoms with E-state index in [0.29, 0.717) is 10.8 Å². The Morgan fingerprint density at radius 2 is 2.08 bits per heavy atom. The molecule has 2 aromatic rings. The van der Waals surface area contributed by atoms with E-state index < -0.39 is 0 Å². The standard InChI is InChI=1S/C20H22N2O3S/c1-13-5-2-3-6-17(13)25-12-19(23)22-11-14-9-15(16(22)10-14)21-20(24)18-7-4-8-26-18/h2-8,14-16H,9-12H2,1H3,(H,21,24)/t14-,15+,16-/m1/s1. The maximum Gasteiger partial charge on any atom is 0.261 e. The quantitative estimate of drug-likeness (QED) is 0.880. The zero-order valence-electron chi connectivity index (χ0n) is 14.7. The van der Waals surface area contributed by atoms with Crippen LogP contribution in [-0.2, 0) is 4.79 Å². The maximum absolute atomic E-state index is 12.7. The summed E-state index contributed by atoms with van der Waals surface area (Å²) in [6, 6.07) is 11.5. The highest BCUT2D eigenvalue weighted by Crippen LogP contribution is 2.38. The minimum absolute atomic E-state index is 0.00387. The molecule has 4 rings (SSSR count). The summed E-state index contributed by atoms with van der Waals surface area (Å²) in [5.41, 5.74) is 1.02. The number of nitrogens with one attached hydrogen (secondary N) is 1. The minimum Gasteiger partial charge on any atom is -0.484 e. The molecule has 0 unspecified atom stereocenters. The summed E-state index contributed by atoms with van der Waals surface area (Å²) in [4.78, 5) is 27.6. The van der Waals surface area contributed by atoms with Gasteiger partial charge in [-0.2, -0.15) is 0 Å². The van der Waals surface area contributed by atoms with E-state index in [2.05, 4.69) is 5.32 Å². The molecule has 2 fully saturated rings. The first kappa shape index (κ1) is 17.1. The van der Waals surface area contributed by atoms with Crippen molar-refractivity contribution in [1.82, 2.24) is 10.2 Å². The van der Waals surface area contributed by atoms with E-state index >= 15 is 0 Å². The van der Waals surface area contributed by atoms with Crippen molar-refractivity contribution in [3.8, 4) is 5.75 Å². The summed E-state index contributed by atoms with van der Waals surface area (Å²) in [6.07, 6.45) is 1.91. The Kier molecular flexibility index (Phi) is 4.68. The van der Waals surface area contributed by atoms with Gasteiger partial charge < -0.3 is 15.0 Å². The molecule has 1 saturated heterocycles. The summed E-state index contributed by atoms with van der Waals surface area (Å²) >= 11 is 1.44. The van der Waals surface area contributed by atoms with E-state index in [4.69, 9.17) is 4.74 Å². The Labute approximate surface area is 157 Å². The van der Waals surface area contributed by atoms with Crippen LogP contribution in [0.25, 0.3) is 0 Å². The molecule has 1 aliphatic carbocycles. The largest absolute Gasteiger partial charge is 0.484 e. The molecule has 2 heterocycles. The molecule has 1 aromatic carbocycles. The van der Waals surface area contributed by atoms with Gasteiger partial charge in [-0.15, -0.1) is 11.3 Å². The molecule has 1 saturated carbocycles. The molecule has 0 radical (unpaired) electrons. The molecule has 1 aliphatic heterocycles. The fourth-order valence-electron chi connectivity index (χ4n) is 4.06. The van der Waals surface area contributed by atoms with E-state index in [1.165, 1.54) is 11.3 Å². The summed E-state index contributed by atoms with van der Waals surface area (Å²) in [5.74, 6) is 1.17. The van der Waals surface area contributed by atoms with E-state index in [9.17, 15) is 9.59 Å². The second-order valence-electron chi connectivity index (χ2n) is 7.06. The van der Waals surface area contributed by atoms with E-state index in [-0.39, 0.29) is 30.5 Å². The highest BCUT2D eigenvalue weighted by molar-refractivity contribution is 7.12. The number of carbonyl (C=O) groups is 2. The number of ether oxygens (including phenoxy) is 1. The van der Waals surface area contributed by atoms with Crippen LogP contribution in [0.1, 0.15) is 28.1 Å². The number of benzene rings is 1. The average Bonchev–Trinajstić information content (AvgIpc) is 3.37. The number of hydrogen-bond donors (Lipinski definition) is 1. The van der Waals surface area contributed by atoms with Gasteiger partial charge in [0.05, 0.1) is 10.9 Å². The fourth-order valence-corrected chi connectivity index (χ4v) is 4.68. The summed E-state index contributed by atoms with van der Waals surface area (Å²) in [7, 11) is 0. The minimum atomic E-state index is -0.0406. The molecule has 2 amide bonds. The van der Waals surface area contributed by atoms with Gasteiger partial charge in [-0.1, -0.05) is 24.3 Å². The molecule has 0 spiro atoms. The number of para-hydroxylation sites is 1. The number of thiophene rings is 1. The molecular formula is C20H22N2O3S. The first-order valence-electron chi connectivity index (χ1n) is 8.94. The predicted octanol–water partition coefficient (Wildman–Crippen LogP) is 2.85. The third-order valence-electron chi connectivity index (χ3n) is 5.31. The van der Waals surface area contributed by atoms with Crippen molar-refractivity contribution in [2.75, 3.05) is 13.2 Å². The molecule has 2 aliphatic rings. The number of rotatable bonds is 5. The molecule has 136 valence electrons. The number of piperidine rings is 1. The highest BCUT2D eigenvalue weighted by Gasteiger charge is 2.47. The molecule has 3 atom stereocenters. The molecule has 1 N–H and O–H groups in total. The van der Waals surface area contributed by atoms with Crippen LogP contribution in [0.3, 0.4) is 0 Å². The van der Waals surface area contributed by atoms with Crippen molar-refractivity contribution in [3.63, 3.8) is 0 Å². The van der Waals surface area contributed by atoms with Gasteiger partial charge in [0.25, 0.3) is 11.8 Å². The van der Waals surface area contributed by atoms with Crippen LogP contribution in [0.15, 0.2) is 41.8 Å². The first-order chi connectivity index (χ1) is 12.6. The van der Waals surface area contributed by atoms with Gasteiger partial charge in [0, 0.05) is 12.6 Å². The van der Waals surface area contributed by atoms with Gasteiger partial charge in [0.1, 0.15) is 5.75 Å². The topological polar surface area (TPSA) is 58.6 Å². The average molecular weight is 370 g/mol. The van der Waals surface area contributed by atoms with Gasteiger partial charge in [-0.3, -0.25) is 9.59 Å². The van der Waals surface area contributed by atoms with Crippen LogP contribution < -0.4 is 10.1 Å². The summed E-state index contributed by atoms with van der Waals surface area (Å²) < 4.78 is 5.72. The Morgan fingerprint density at radius 3 is 2.81 bits per heavy atom. The van der Waals surface area contributed by atoms with Crippen LogP contribution in [0, 0.1) is 12.8 Å². The zero-order valence-corrected chi connectivity index (χ0v) is 15.5. The van der Waals surface area contributed by atoms with Gasteiger partial charge in [-0.25, -0.2) is 0 Å². The molecular weight excluding hydrogens is 348 g/mol. The number of nitrogens with zero attached hydrogens (tertiary/aromatic N) is 1. The van der Waals surface area contributed by atoms with Crippen molar-refractivity contribution >= 4 is 23.2 Å². The lowest BCUT2D eigenvalue weighted by atomic mass is 10.1. The second kappa shape index (κ2) is 7.11. The zero-order chi connectivity index (χ0) is 18.1. The normalized spacial score (nSPS) is 23.9. The summed E-state index contributed by atoms with van der Waals surface area (Å²) in [6.45, 7) is 2.78. The lowest BCUT2D eigenvalue weighted by Crippen LogP contribution is -2.52. The highest BCUT2D eigenvalue weighted by atomic mass is 32.1. The first-order valence-corrected chi connectivity index (χ1v) is 9.82. The third-order valence-corrected chi connectivity index (χ3v) is 6.18. The number of amides is 2. The number of carbonyl (C=O) groups excluding carboxylic acids is 2. The van der Waals surface area contributed by atoms with Crippen molar-refractivity contribution in [2.45, 2.75) is 31.8 Å². The Hall–Kier alpha value is -2.34. The van der Waals surface area contributed by atoms with Crippen LogP contribution >= 0.6 is 11.3 Å². The maximum atomic E-state index is 12.7. The van der Waals surface area contributed by atoms with Crippen LogP contribution in [-0.4, -0.2) is 41.9 Å². The van der Waals surface area contributed by atoms with Crippen LogP contribution in [0.4, 0.5) is 0 Å². The van der Waals surface area contributed by atoms with Crippen molar-refractivity contribution in [3.05, 3.63) is 52.2 Å². The molecule has 26 heavy (non-hydrogen) atoms. The number of aryl methyl sites for hydroxylation is 1. The van der Waals surface area contributed by atoms with Gasteiger partial charge in [0.15, 0.2) is 6.61 Å². The number of hydrogen-bond acceptors (Lipinski definition) is 4. The Balaban J connectivity index is 1.36. The second-order valence-corrected chi connectivity index (χ2v) is 8.01. The number of fused-ring (bicyclic) bond motifs is 2. The van der Waals surface area contributed by atoms with Crippen LogP contribution in [0.2, 0.25) is 0 Å². The lowest BCUT2D eigenvalue weighted by Gasteiger charge is -2.33. The SMILES string of the molecule is Cc1ccccc1OCC(=O)N1C[C@@H]2C[C@H](NC(=O)c3cccs3)[C@H]1C2. The molecule has 2 bridgehead atoms.